The Balaban J connectivity index is 1.72. The summed E-state index contributed by atoms with van der Waals surface area (Å²) in [6.45, 7) is 6.60. The molecule has 0 saturated carbocycles. The van der Waals surface area contributed by atoms with Gasteiger partial charge in [0.05, 0.1) is 16.7 Å². The largest absolute Gasteiger partial charge is 0.508 e. The first kappa shape index (κ1) is 22.6. The van der Waals surface area contributed by atoms with Crippen molar-refractivity contribution in [3.05, 3.63) is 52.6 Å². The molecule has 2 aromatic carbocycles. The zero-order chi connectivity index (χ0) is 25.0. The van der Waals surface area contributed by atoms with Crippen molar-refractivity contribution in [1.29, 1.82) is 0 Å². The Bertz CT molecular complexity index is 1520. The molecule has 1 aliphatic heterocycles. The molecule has 10 heteroatoms. The number of aryl methyl sites for hydroxylation is 1. The van der Waals surface area contributed by atoms with Gasteiger partial charge in [-0.05, 0) is 50.7 Å². The fourth-order valence-electron chi connectivity index (χ4n) is 4.68. The molecule has 5 N–H and O–H groups in total. The molecule has 4 aromatic rings. The van der Waals surface area contributed by atoms with E-state index in [1.807, 2.05) is 18.9 Å². The molecular weight excluding hydrogens is 446 g/mol. The zero-order valence-corrected chi connectivity index (χ0v) is 19.9. The van der Waals surface area contributed by atoms with Crippen molar-refractivity contribution >= 4 is 39.8 Å². The van der Waals surface area contributed by atoms with Gasteiger partial charge < -0.3 is 26.4 Å². The Morgan fingerprint density at radius 3 is 2.40 bits per heavy atom. The van der Waals surface area contributed by atoms with Crippen LogP contribution < -0.4 is 11.5 Å². The van der Waals surface area contributed by atoms with Crippen LogP contribution in [0.4, 0.5) is 5.82 Å². The number of piperazine rings is 1. The normalized spacial score (nSPS) is 14.7. The minimum Gasteiger partial charge on any atom is -0.508 e. The molecule has 10 nitrogen and oxygen atoms in total. The highest BCUT2D eigenvalue weighted by molar-refractivity contribution is 6.11. The Kier molecular flexibility index (Phi) is 5.32. The van der Waals surface area contributed by atoms with Crippen LogP contribution in [0.25, 0.3) is 27.9 Å². The van der Waals surface area contributed by atoms with E-state index in [-0.39, 0.29) is 28.6 Å². The third-order valence-electron chi connectivity index (χ3n) is 6.70. The van der Waals surface area contributed by atoms with Gasteiger partial charge in [0, 0.05) is 37.3 Å². The summed E-state index contributed by atoms with van der Waals surface area (Å²) >= 11 is 0. The summed E-state index contributed by atoms with van der Waals surface area (Å²) in [7, 11) is 2.04. The second-order valence-electron chi connectivity index (χ2n) is 9.03. The Morgan fingerprint density at radius 2 is 1.71 bits per heavy atom. The monoisotopic (exact) mass is 473 g/mol. The van der Waals surface area contributed by atoms with Crippen molar-refractivity contribution in [1.82, 2.24) is 24.3 Å². The van der Waals surface area contributed by atoms with Gasteiger partial charge in [-0.15, -0.1) is 0 Å². The fourth-order valence-corrected chi connectivity index (χ4v) is 4.68. The van der Waals surface area contributed by atoms with Crippen molar-refractivity contribution in [3.63, 3.8) is 0 Å². The standard InChI is InChI=1S/C25H27N7O3/c1-13-4-7-18(33)14(2)21(13)32-22(26)19(23(27)34)20-24(32)29-17-12-15(5-6-16(17)28-20)25(35)31-10-8-30(3)9-11-31/h4-7,12,33H,8-11,26H2,1-3H3,(H2,27,34). The second kappa shape index (κ2) is 8.24. The molecule has 1 saturated heterocycles. The van der Waals surface area contributed by atoms with Gasteiger partial charge in [-0.25, -0.2) is 9.97 Å². The molecule has 5 rings (SSSR count). The third-order valence-corrected chi connectivity index (χ3v) is 6.70. The van der Waals surface area contributed by atoms with Gasteiger partial charge in [0.2, 0.25) is 0 Å². The maximum absolute atomic E-state index is 13.1. The van der Waals surface area contributed by atoms with E-state index < -0.39 is 5.91 Å². The summed E-state index contributed by atoms with van der Waals surface area (Å²) in [5.74, 6) is -0.610. The number of fused-ring (bicyclic) bond motifs is 2. The first-order valence-electron chi connectivity index (χ1n) is 11.4. The van der Waals surface area contributed by atoms with E-state index >= 15 is 0 Å². The second-order valence-corrected chi connectivity index (χ2v) is 9.03. The molecule has 1 aliphatic rings. The number of aromatic hydroxyl groups is 1. The number of nitrogens with zero attached hydrogens (tertiary/aromatic N) is 5. The smallest absolute Gasteiger partial charge is 0.254 e. The van der Waals surface area contributed by atoms with Gasteiger partial charge in [0.1, 0.15) is 22.6 Å². The fraction of sp³-hybridized carbons (Fsp3) is 0.280. The number of phenolic OH excluding ortho intramolecular Hbond substituents is 1. The number of benzene rings is 2. The molecule has 0 unspecified atom stereocenters. The molecule has 0 spiro atoms. The number of hydrogen-bond donors (Lipinski definition) is 3. The summed E-state index contributed by atoms with van der Waals surface area (Å²) < 4.78 is 1.60. The number of nitrogen functional groups attached to an aromatic ring is 1. The average molecular weight is 474 g/mol. The van der Waals surface area contributed by atoms with E-state index in [2.05, 4.69) is 9.88 Å². The quantitative estimate of drug-likeness (QED) is 0.413. The minimum atomic E-state index is -0.725. The molecule has 2 amide bonds. The number of primary amides is 1. The number of aromatic nitrogens is 3. The lowest BCUT2D eigenvalue weighted by Crippen LogP contribution is -2.47. The van der Waals surface area contributed by atoms with Crippen LogP contribution in [0.2, 0.25) is 0 Å². The van der Waals surface area contributed by atoms with E-state index in [1.165, 1.54) is 0 Å². The molecule has 180 valence electrons. The van der Waals surface area contributed by atoms with E-state index in [9.17, 15) is 14.7 Å². The van der Waals surface area contributed by atoms with Gasteiger partial charge in [-0.3, -0.25) is 14.2 Å². The minimum absolute atomic E-state index is 0.0608. The molecule has 2 aromatic heterocycles. The summed E-state index contributed by atoms with van der Waals surface area (Å²) in [5.41, 5.74) is 16.3. The average Bonchev–Trinajstić information content (AvgIpc) is 3.11. The lowest BCUT2D eigenvalue weighted by atomic mass is 10.1. The number of nitrogens with two attached hydrogens (primary N) is 2. The molecule has 0 radical (unpaired) electrons. The van der Waals surface area contributed by atoms with Crippen LogP contribution in [-0.4, -0.2) is 74.5 Å². The number of rotatable bonds is 3. The Hall–Kier alpha value is -4.18. The van der Waals surface area contributed by atoms with Crippen LogP contribution in [0, 0.1) is 13.8 Å². The first-order chi connectivity index (χ1) is 16.7. The van der Waals surface area contributed by atoms with Crippen LogP contribution in [0.5, 0.6) is 5.75 Å². The van der Waals surface area contributed by atoms with E-state index in [4.69, 9.17) is 16.5 Å². The van der Waals surface area contributed by atoms with Crippen molar-refractivity contribution < 1.29 is 14.7 Å². The number of carbonyl (C=O) groups is 2. The van der Waals surface area contributed by atoms with Crippen LogP contribution >= 0.6 is 0 Å². The molecule has 0 bridgehead atoms. The van der Waals surface area contributed by atoms with E-state index in [0.29, 0.717) is 46.6 Å². The SMILES string of the molecule is Cc1ccc(O)c(C)c1-n1c(N)c(C(N)=O)c2nc3ccc(C(=O)N4CCN(C)CC4)cc3nc21. The maximum atomic E-state index is 13.1. The molecular formula is C25H27N7O3. The molecule has 1 fully saturated rings. The predicted octanol–water partition coefficient (Wildman–Crippen LogP) is 1.96. The van der Waals surface area contributed by atoms with E-state index in [0.717, 1.165) is 18.7 Å². The van der Waals surface area contributed by atoms with Crippen LogP contribution in [-0.2, 0) is 0 Å². The lowest BCUT2D eigenvalue weighted by molar-refractivity contribution is 0.0664. The van der Waals surface area contributed by atoms with Gasteiger partial charge in [-0.1, -0.05) is 6.07 Å². The highest BCUT2D eigenvalue weighted by atomic mass is 16.3. The lowest BCUT2D eigenvalue weighted by Gasteiger charge is -2.32. The topological polar surface area (TPSA) is 144 Å². The van der Waals surface area contributed by atoms with Gasteiger partial charge >= 0.3 is 0 Å². The number of amides is 2. The maximum Gasteiger partial charge on any atom is 0.254 e. The summed E-state index contributed by atoms with van der Waals surface area (Å²) in [6, 6.07) is 8.50. The Labute approximate surface area is 201 Å². The van der Waals surface area contributed by atoms with Gasteiger partial charge in [-0.2, -0.15) is 0 Å². The highest BCUT2D eigenvalue weighted by Gasteiger charge is 2.26. The molecule has 35 heavy (non-hydrogen) atoms. The zero-order valence-electron chi connectivity index (χ0n) is 19.9. The Morgan fingerprint density at radius 1 is 1.00 bits per heavy atom. The van der Waals surface area contributed by atoms with Gasteiger partial charge in [0.15, 0.2) is 5.65 Å². The van der Waals surface area contributed by atoms with Crippen molar-refractivity contribution in [3.8, 4) is 11.4 Å². The highest BCUT2D eigenvalue weighted by Crippen LogP contribution is 2.35. The number of anilines is 1. The van der Waals surface area contributed by atoms with Crippen LogP contribution in [0.15, 0.2) is 30.3 Å². The number of likely N-dealkylation sites (N-methyl/N-ethyl adjacent to an activating group) is 1. The van der Waals surface area contributed by atoms with Crippen LogP contribution in [0.1, 0.15) is 31.8 Å². The number of carbonyl (C=O) groups excluding carboxylic acids is 2. The van der Waals surface area contributed by atoms with Crippen molar-refractivity contribution in [2.45, 2.75) is 13.8 Å². The number of phenols is 1. The predicted molar refractivity (Wildman–Crippen MR) is 134 cm³/mol. The number of hydrogen-bond acceptors (Lipinski definition) is 7. The summed E-state index contributed by atoms with van der Waals surface area (Å²) in [6.07, 6.45) is 0. The summed E-state index contributed by atoms with van der Waals surface area (Å²) in [4.78, 5) is 38.9. The molecule has 0 aliphatic carbocycles. The third kappa shape index (κ3) is 3.62. The van der Waals surface area contributed by atoms with Crippen LogP contribution in [0.3, 0.4) is 0 Å². The van der Waals surface area contributed by atoms with E-state index in [1.54, 1.807) is 41.8 Å². The molecule has 0 atom stereocenters. The summed E-state index contributed by atoms with van der Waals surface area (Å²) in [5, 5.41) is 10.3. The van der Waals surface area contributed by atoms with Gasteiger partial charge in [0.25, 0.3) is 11.8 Å². The van der Waals surface area contributed by atoms with Crippen molar-refractivity contribution in [2.75, 3.05) is 39.0 Å². The van der Waals surface area contributed by atoms with Crippen molar-refractivity contribution in [2.24, 2.45) is 5.73 Å². The molecule has 3 heterocycles. The first-order valence-corrected chi connectivity index (χ1v) is 11.4.